The first-order valence-corrected chi connectivity index (χ1v) is 10.6. The Morgan fingerprint density at radius 2 is 2.08 bits per heavy atom. The lowest BCUT2D eigenvalue weighted by Crippen LogP contribution is -2.27. The van der Waals surface area contributed by atoms with E-state index in [1.54, 1.807) is 10.7 Å². The van der Waals surface area contributed by atoms with Gasteiger partial charge in [0.15, 0.2) is 0 Å². The number of hydrogen-bond donors (Lipinski definition) is 1. The van der Waals surface area contributed by atoms with Gasteiger partial charge in [0.05, 0.1) is 17.1 Å². The average molecular weight is 394 g/mol. The Balaban J connectivity index is 1.57. The van der Waals surface area contributed by atoms with Crippen molar-refractivity contribution in [3.05, 3.63) is 64.2 Å². The van der Waals surface area contributed by atoms with Gasteiger partial charge < -0.3 is 0 Å². The largest absolute Gasteiger partial charge is 0.223 e. The fraction of sp³-hybridized carbons (Fsp3) is 0.294. The highest BCUT2D eigenvalue weighted by Gasteiger charge is 2.13. The summed E-state index contributed by atoms with van der Waals surface area (Å²) in [5.74, 6) is -0.699. The fourth-order valence-electron chi connectivity index (χ4n) is 2.56. The van der Waals surface area contributed by atoms with Gasteiger partial charge in [0.25, 0.3) is 0 Å². The molecule has 0 spiro atoms. The Hall–Kier alpha value is -2.10. The van der Waals surface area contributed by atoms with Crippen molar-refractivity contribution in [2.24, 2.45) is 0 Å². The molecule has 138 valence electrons. The Kier molecular flexibility index (Phi) is 5.49. The average Bonchev–Trinajstić information content (AvgIpc) is 3.12. The van der Waals surface area contributed by atoms with Crippen LogP contribution < -0.4 is 4.72 Å². The summed E-state index contributed by atoms with van der Waals surface area (Å²) < 4.78 is 41.7. The number of rotatable bonds is 7. The van der Waals surface area contributed by atoms with Crippen molar-refractivity contribution in [1.29, 1.82) is 0 Å². The van der Waals surface area contributed by atoms with Gasteiger partial charge in [-0.05, 0) is 37.6 Å². The van der Waals surface area contributed by atoms with Gasteiger partial charge in [0.1, 0.15) is 5.82 Å². The molecule has 0 unspecified atom stereocenters. The monoisotopic (exact) mass is 394 g/mol. The minimum atomic E-state index is -3.53. The maximum absolute atomic E-state index is 13.2. The molecule has 0 bridgehead atoms. The van der Waals surface area contributed by atoms with Crippen LogP contribution in [0.4, 0.5) is 4.39 Å². The molecule has 1 N–H and O–H groups in total. The number of thiazole rings is 1. The lowest BCUT2D eigenvalue weighted by Gasteiger charge is -2.06. The van der Waals surface area contributed by atoms with Crippen LogP contribution in [0.25, 0.3) is 5.13 Å². The molecule has 0 fully saturated rings. The van der Waals surface area contributed by atoms with E-state index in [9.17, 15) is 12.8 Å². The maximum atomic E-state index is 13.2. The number of nitrogens with one attached hydrogen (secondary N) is 1. The van der Waals surface area contributed by atoms with Crippen LogP contribution in [0, 0.1) is 19.7 Å². The third-order valence-corrected chi connectivity index (χ3v) is 5.90. The van der Waals surface area contributed by atoms with Gasteiger partial charge in [0.2, 0.25) is 15.2 Å². The van der Waals surface area contributed by atoms with E-state index in [2.05, 4.69) is 14.8 Å². The van der Waals surface area contributed by atoms with Gasteiger partial charge in [-0.2, -0.15) is 5.10 Å². The van der Waals surface area contributed by atoms with Crippen LogP contribution in [-0.2, 0) is 22.2 Å². The van der Waals surface area contributed by atoms with E-state index < -0.39 is 15.8 Å². The molecule has 0 aliphatic rings. The predicted molar refractivity (Wildman–Crippen MR) is 99.4 cm³/mol. The summed E-state index contributed by atoms with van der Waals surface area (Å²) in [6.45, 7) is 4.12. The Morgan fingerprint density at radius 1 is 1.27 bits per heavy atom. The first-order chi connectivity index (χ1) is 12.3. The summed E-state index contributed by atoms with van der Waals surface area (Å²) in [4.78, 5) is 4.50. The molecule has 0 aliphatic heterocycles. The molecule has 0 atom stereocenters. The molecule has 3 rings (SSSR count). The highest BCUT2D eigenvalue weighted by Crippen LogP contribution is 2.17. The van der Waals surface area contributed by atoms with Crippen LogP contribution in [0.15, 0.2) is 35.7 Å². The van der Waals surface area contributed by atoms with Crippen molar-refractivity contribution < 1.29 is 12.8 Å². The smallest absolute Gasteiger partial charge is 0.215 e. The van der Waals surface area contributed by atoms with Crippen LogP contribution >= 0.6 is 11.3 Å². The molecule has 0 saturated heterocycles. The number of sulfonamides is 1. The SMILES string of the molecule is Cc1cc(C)n(-c2nc(CCNS(=O)(=O)Cc3cccc(F)c3)cs2)n1. The van der Waals surface area contributed by atoms with Crippen molar-refractivity contribution in [1.82, 2.24) is 19.5 Å². The van der Waals surface area contributed by atoms with Crippen LogP contribution in [0.5, 0.6) is 0 Å². The van der Waals surface area contributed by atoms with E-state index in [-0.39, 0.29) is 12.3 Å². The third-order valence-electron chi connectivity index (χ3n) is 3.68. The molecule has 2 heterocycles. The summed E-state index contributed by atoms with van der Waals surface area (Å²) >= 11 is 1.46. The zero-order chi connectivity index (χ0) is 18.7. The second-order valence-corrected chi connectivity index (χ2v) is 8.64. The molecule has 2 aromatic heterocycles. The van der Waals surface area contributed by atoms with Crippen LogP contribution in [-0.4, -0.2) is 29.7 Å². The molecule has 0 aliphatic carbocycles. The molecule has 9 heteroatoms. The number of hydrogen-bond acceptors (Lipinski definition) is 5. The van der Waals surface area contributed by atoms with Crippen LogP contribution in [0.2, 0.25) is 0 Å². The highest BCUT2D eigenvalue weighted by atomic mass is 32.2. The molecule has 1 aromatic carbocycles. The standard InChI is InChI=1S/C17H19FN4O2S2/c1-12-8-13(2)22(21-12)17-20-16(10-25-17)6-7-19-26(23,24)11-14-4-3-5-15(18)9-14/h3-5,8-10,19H,6-7,11H2,1-2H3. The quantitative estimate of drug-likeness (QED) is 0.668. The molecule has 0 saturated carbocycles. The topological polar surface area (TPSA) is 76.9 Å². The Morgan fingerprint density at radius 3 is 2.77 bits per heavy atom. The van der Waals surface area contributed by atoms with Gasteiger partial charge in [-0.1, -0.05) is 12.1 Å². The lowest BCUT2D eigenvalue weighted by molar-refractivity contribution is 0.580. The van der Waals surface area contributed by atoms with E-state index in [0.29, 0.717) is 12.0 Å². The number of aromatic nitrogens is 3. The molecular formula is C17H19FN4O2S2. The zero-order valence-electron chi connectivity index (χ0n) is 14.4. The summed E-state index contributed by atoms with van der Waals surface area (Å²) in [5.41, 5.74) is 3.13. The van der Waals surface area contributed by atoms with Crippen molar-refractivity contribution >= 4 is 21.4 Å². The van der Waals surface area contributed by atoms with Crippen molar-refractivity contribution in [3.8, 4) is 5.13 Å². The third kappa shape index (κ3) is 4.75. The molecule has 0 radical (unpaired) electrons. The van der Waals surface area contributed by atoms with E-state index >= 15 is 0 Å². The molecule has 3 aromatic rings. The first-order valence-electron chi connectivity index (χ1n) is 8.02. The summed E-state index contributed by atoms with van der Waals surface area (Å²) in [5, 5.41) is 7.04. The molecular weight excluding hydrogens is 375 g/mol. The lowest BCUT2D eigenvalue weighted by atomic mass is 10.2. The van der Waals surface area contributed by atoms with Gasteiger partial charge >= 0.3 is 0 Å². The number of nitrogens with zero attached hydrogens (tertiary/aromatic N) is 3. The summed E-state index contributed by atoms with van der Waals surface area (Å²) in [6, 6.07) is 7.56. The second-order valence-electron chi connectivity index (χ2n) is 5.99. The fourth-order valence-corrected chi connectivity index (χ4v) is 4.56. The minimum Gasteiger partial charge on any atom is -0.223 e. The van der Waals surface area contributed by atoms with Crippen LogP contribution in [0.1, 0.15) is 22.6 Å². The van der Waals surface area contributed by atoms with E-state index in [1.165, 1.54) is 29.5 Å². The van der Waals surface area contributed by atoms with E-state index in [0.717, 1.165) is 22.2 Å². The molecule has 26 heavy (non-hydrogen) atoms. The van der Waals surface area contributed by atoms with Crippen molar-refractivity contribution in [2.45, 2.75) is 26.0 Å². The Bertz CT molecular complexity index is 1010. The number of halogens is 1. The summed E-state index contributed by atoms with van der Waals surface area (Å²) in [7, 11) is -3.53. The maximum Gasteiger partial charge on any atom is 0.215 e. The van der Waals surface area contributed by atoms with Crippen molar-refractivity contribution in [3.63, 3.8) is 0 Å². The Labute approximate surface area is 155 Å². The van der Waals surface area contributed by atoms with Gasteiger partial charge in [-0.25, -0.2) is 27.2 Å². The molecule has 0 amide bonds. The van der Waals surface area contributed by atoms with Gasteiger partial charge in [-0.3, -0.25) is 0 Å². The van der Waals surface area contributed by atoms with Gasteiger partial charge in [0, 0.05) is 24.0 Å². The highest BCUT2D eigenvalue weighted by molar-refractivity contribution is 7.88. The number of benzene rings is 1. The predicted octanol–water partition coefficient (Wildman–Crippen LogP) is 2.75. The zero-order valence-corrected chi connectivity index (χ0v) is 16.1. The van der Waals surface area contributed by atoms with Crippen molar-refractivity contribution in [2.75, 3.05) is 6.54 Å². The number of aryl methyl sites for hydroxylation is 2. The first kappa shape index (κ1) is 18.7. The summed E-state index contributed by atoms with van der Waals surface area (Å²) in [6.07, 6.45) is 0.470. The normalized spacial score (nSPS) is 11.8. The van der Waals surface area contributed by atoms with Gasteiger partial charge in [-0.15, -0.1) is 11.3 Å². The molecule has 6 nitrogen and oxygen atoms in total. The van der Waals surface area contributed by atoms with E-state index in [1.807, 2.05) is 25.3 Å². The van der Waals surface area contributed by atoms with Crippen LogP contribution in [0.3, 0.4) is 0 Å². The second kappa shape index (κ2) is 7.65. The minimum absolute atomic E-state index is 0.234. The van der Waals surface area contributed by atoms with E-state index in [4.69, 9.17) is 0 Å².